The Bertz CT molecular complexity index is 1030. The molecule has 0 saturated carbocycles. The smallest absolute Gasteiger partial charge is 0.240 e. The van der Waals surface area contributed by atoms with Crippen molar-refractivity contribution in [1.82, 2.24) is 14.8 Å². The van der Waals surface area contributed by atoms with Crippen molar-refractivity contribution in [3.05, 3.63) is 70.1 Å². The van der Waals surface area contributed by atoms with E-state index in [-0.39, 0.29) is 5.91 Å². The summed E-state index contributed by atoms with van der Waals surface area (Å²) in [6.45, 7) is 11.7. The molecule has 0 spiro atoms. The average molecular weight is 449 g/mol. The summed E-state index contributed by atoms with van der Waals surface area (Å²) < 4.78 is 0. The number of carbonyl (C=O) groups is 1. The molecule has 32 heavy (non-hydrogen) atoms. The fourth-order valence-corrected chi connectivity index (χ4v) is 5.21. The Hall–Kier alpha value is -2.54. The highest BCUT2D eigenvalue weighted by Gasteiger charge is 2.19. The fourth-order valence-electron chi connectivity index (χ4n) is 4.49. The van der Waals surface area contributed by atoms with Crippen molar-refractivity contribution in [2.75, 3.05) is 44.6 Å². The van der Waals surface area contributed by atoms with Crippen molar-refractivity contribution in [2.24, 2.45) is 0 Å². The van der Waals surface area contributed by atoms with Gasteiger partial charge in [-0.05, 0) is 43.9 Å². The number of rotatable bonds is 7. The third-order valence-corrected chi connectivity index (χ3v) is 6.83. The number of aromatic nitrogens is 1. The predicted octanol–water partition coefficient (Wildman–Crippen LogP) is 4.53. The number of thiazole rings is 1. The van der Waals surface area contributed by atoms with Crippen LogP contribution in [0.25, 0.3) is 11.3 Å². The SMILES string of the molecule is Cc1cc(C)c(-c2csc(NC(=O)CN3CCN(CCc4ccccc4)CC3)n2)c(C)c1. The molecule has 0 unspecified atom stereocenters. The van der Waals surface area contributed by atoms with E-state index in [4.69, 9.17) is 0 Å². The first-order valence-electron chi connectivity index (χ1n) is 11.3. The van der Waals surface area contributed by atoms with E-state index in [0.717, 1.165) is 44.8 Å². The van der Waals surface area contributed by atoms with Crippen LogP contribution in [0.4, 0.5) is 5.13 Å². The molecule has 1 aliphatic heterocycles. The summed E-state index contributed by atoms with van der Waals surface area (Å²) in [4.78, 5) is 22.0. The van der Waals surface area contributed by atoms with Crippen molar-refractivity contribution < 1.29 is 4.79 Å². The van der Waals surface area contributed by atoms with Crippen molar-refractivity contribution >= 4 is 22.4 Å². The Labute approximate surface area is 195 Å². The Morgan fingerprint density at radius 2 is 1.66 bits per heavy atom. The van der Waals surface area contributed by atoms with Gasteiger partial charge < -0.3 is 10.2 Å². The van der Waals surface area contributed by atoms with Crippen LogP contribution >= 0.6 is 11.3 Å². The first-order chi connectivity index (χ1) is 15.5. The standard InChI is InChI=1S/C26H32N4OS/c1-19-15-20(2)25(21(3)16-19)23-18-32-26(27-23)28-24(31)17-30-13-11-29(12-14-30)10-9-22-7-5-4-6-8-22/h4-8,15-16,18H,9-14,17H2,1-3H3,(H,27,28,31). The molecule has 1 aliphatic rings. The number of aryl methyl sites for hydroxylation is 3. The highest BCUT2D eigenvalue weighted by Crippen LogP contribution is 2.31. The molecule has 6 heteroatoms. The van der Waals surface area contributed by atoms with Crippen LogP contribution in [-0.2, 0) is 11.2 Å². The largest absolute Gasteiger partial charge is 0.301 e. The van der Waals surface area contributed by atoms with Gasteiger partial charge in [0.05, 0.1) is 12.2 Å². The molecule has 0 aliphatic carbocycles. The number of benzene rings is 2. The normalized spacial score (nSPS) is 15.1. The number of piperazine rings is 1. The molecule has 1 aromatic heterocycles. The van der Waals surface area contributed by atoms with Crippen LogP contribution in [0.15, 0.2) is 47.8 Å². The monoisotopic (exact) mass is 448 g/mol. The maximum Gasteiger partial charge on any atom is 0.240 e. The molecule has 3 aromatic rings. The molecule has 4 rings (SSSR count). The van der Waals surface area contributed by atoms with Gasteiger partial charge in [0.2, 0.25) is 5.91 Å². The molecule has 1 amide bonds. The maximum atomic E-state index is 12.6. The molecule has 1 N–H and O–H groups in total. The van der Waals surface area contributed by atoms with Crippen molar-refractivity contribution in [2.45, 2.75) is 27.2 Å². The van der Waals surface area contributed by atoms with Crippen molar-refractivity contribution in [3.8, 4) is 11.3 Å². The molecule has 168 valence electrons. The molecule has 1 saturated heterocycles. The van der Waals surface area contributed by atoms with Gasteiger partial charge >= 0.3 is 0 Å². The minimum Gasteiger partial charge on any atom is -0.301 e. The van der Waals surface area contributed by atoms with Gasteiger partial charge in [-0.15, -0.1) is 11.3 Å². The maximum absolute atomic E-state index is 12.6. The molecule has 1 fully saturated rings. The van der Waals surface area contributed by atoms with Crippen molar-refractivity contribution in [1.29, 1.82) is 0 Å². The molecular formula is C26H32N4OS. The molecule has 0 bridgehead atoms. The minimum absolute atomic E-state index is 0.0148. The van der Waals surface area contributed by atoms with E-state index in [1.807, 2.05) is 5.38 Å². The molecular weight excluding hydrogens is 416 g/mol. The summed E-state index contributed by atoms with van der Waals surface area (Å²) in [6.07, 6.45) is 1.08. The summed E-state index contributed by atoms with van der Waals surface area (Å²) in [5.74, 6) is 0.0148. The van der Waals surface area contributed by atoms with E-state index >= 15 is 0 Å². The second kappa shape index (κ2) is 10.4. The highest BCUT2D eigenvalue weighted by atomic mass is 32.1. The Kier molecular flexibility index (Phi) is 7.35. The van der Waals surface area contributed by atoms with Gasteiger partial charge in [-0.1, -0.05) is 48.0 Å². The lowest BCUT2D eigenvalue weighted by molar-refractivity contribution is -0.117. The van der Waals surface area contributed by atoms with Gasteiger partial charge in [0.25, 0.3) is 0 Å². The van der Waals surface area contributed by atoms with E-state index in [1.165, 1.54) is 39.2 Å². The zero-order chi connectivity index (χ0) is 22.5. The van der Waals surface area contributed by atoms with Gasteiger partial charge in [0, 0.05) is 43.7 Å². The molecule has 2 heterocycles. The van der Waals surface area contributed by atoms with E-state index in [0.29, 0.717) is 11.7 Å². The number of carbonyl (C=O) groups excluding carboxylic acids is 1. The topological polar surface area (TPSA) is 48.5 Å². The number of anilines is 1. The quantitative estimate of drug-likeness (QED) is 0.577. The van der Waals surface area contributed by atoms with Gasteiger partial charge in [0.1, 0.15) is 0 Å². The summed E-state index contributed by atoms with van der Waals surface area (Å²) in [5.41, 5.74) is 7.18. The van der Waals surface area contributed by atoms with Crippen LogP contribution in [0.5, 0.6) is 0 Å². The minimum atomic E-state index is 0.0148. The lowest BCUT2D eigenvalue weighted by Crippen LogP contribution is -2.49. The zero-order valence-electron chi connectivity index (χ0n) is 19.2. The molecule has 2 aromatic carbocycles. The van der Waals surface area contributed by atoms with Crippen LogP contribution in [-0.4, -0.2) is 60.0 Å². The first-order valence-corrected chi connectivity index (χ1v) is 12.2. The number of amides is 1. The van der Waals surface area contributed by atoms with Gasteiger partial charge in [-0.2, -0.15) is 0 Å². The van der Waals surface area contributed by atoms with Crippen LogP contribution in [0.2, 0.25) is 0 Å². The van der Waals surface area contributed by atoms with Gasteiger partial charge in [0.15, 0.2) is 5.13 Å². The van der Waals surface area contributed by atoms with E-state index in [1.54, 1.807) is 0 Å². The van der Waals surface area contributed by atoms with Gasteiger partial charge in [-0.3, -0.25) is 9.69 Å². The summed E-state index contributed by atoms with van der Waals surface area (Å²) in [5, 5.41) is 5.71. The summed E-state index contributed by atoms with van der Waals surface area (Å²) in [7, 11) is 0. The summed E-state index contributed by atoms with van der Waals surface area (Å²) >= 11 is 1.49. The van der Waals surface area contributed by atoms with Gasteiger partial charge in [-0.25, -0.2) is 4.98 Å². The number of nitrogens with one attached hydrogen (secondary N) is 1. The third-order valence-electron chi connectivity index (χ3n) is 6.08. The lowest BCUT2D eigenvalue weighted by atomic mass is 9.98. The highest BCUT2D eigenvalue weighted by molar-refractivity contribution is 7.14. The third kappa shape index (κ3) is 5.82. The number of hydrogen-bond donors (Lipinski definition) is 1. The number of hydrogen-bond acceptors (Lipinski definition) is 5. The second-order valence-electron chi connectivity index (χ2n) is 8.71. The van der Waals surface area contributed by atoms with Crippen LogP contribution in [0.1, 0.15) is 22.3 Å². The molecule has 0 atom stereocenters. The van der Waals surface area contributed by atoms with E-state index in [9.17, 15) is 4.79 Å². The average Bonchev–Trinajstić information content (AvgIpc) is 3.21. The van der Waals surface area contributed by atoms with Crippen LogP contribution in [0, 0.1) is 20.8 Å². The lowest BCUT2D eigenvalue weighted by Gasteiger charge is -2.34. The fraction of sp³-hybridized carbons (Fsp3) is 0.385. The van der Waals surface area contributed by atoms with Crippen LogP contribution < -0.4 is 5.32 Å². The Balaban J connectivity index is 1.25. The van der Waals surface area contributed by atoms with Crippen LogP contribution in [0.3, 0.4) is 0 Å². The molecule has 5 nitrogen and oxygen atoms in total. The zero-order valence-corrected chi connectivity index (χ0v) is 20.0. The second-order valence-corrected chi connectivity index (χ2v) is 9.57. The summed E-state index contributed by atoms with van der Waals surface area (Å²) in [6, 6.07) is 15.0. The van der Waals surface area contributed by atoms with Crippen molar-refractivity contribution in [3.63, 3.8) is 0 Å². The Morgan fingerprint density at radius 1 is 1.00 bits per heavy atom. The predicted molar refractivity (Wildman–Crippen MR) is 133 cm³/mol. The first kappa shape index (κ1) is 22.6. The molecule has 0 radical (unpaired) electrons. The van der Waals surface area contributed by atoms with E-state index in [2.05, 4.69) is 83.3 Å². The number of nitrogens with zero attached hydrogens (tertiary/aromatic N) is 3. The van der Waals surface area contributed by atoms with E-state index < -0.39 is 0 Å². The Morgan fingerprint density at radius 3 is 2.34 bits per heavy atom.